The van der Waals surface area contributed by atoms with Gasteiger partial charge in [0.25, 0.3) is 5.91 Å². The first-order chi connectivity index (χ1) is 10.7. The summed E-state index contributed by atoms with van der Waals surface area (Å²) in [5.74, 6) is -0.101. The molecule has 1 atom stereocenters. The number of nitrogens with one attached hydrogen (secondary N) is 3. The largest absolute Gasteiger partial charge is 0.368 e. The summed E-state index contributed by atoms with van der Waals surface area (Å²) >= 11 is 0. The zero-order valence-electron chi connectivity index (χ0n) is 12.9. The van der Waals surface area contributed by atoms with E-state index >= 15 is 0 Å². The average molecular weight is 305 g/mol. The van der Waals surface area contributed by atoms with E-state index in [9.17, 15) is 9.59 Å². The standard InChI is InChI=1S/C16H23N3O3/c1-17-8-7-15(20)18-11-12-4-2-5-13(10-12)19-16(21)14-6-3-9-22-14/h2,4-5,10,14,17H,3,6-9,11H2,1H3,(H,18,20)(H,19,21). The van der Waals surface area contributed by atoms with Crippen molar-refractivity contribution < 1.29 is 14.3 Å². The van der Waals surface area contributed by atoms with E-state index in [2.05, 4.69) is 16.0 Å². The first-order valence-corrected chi connectivity index (χ1v) is 7.62. The molecule has 1 aromatic carbocycles. The van der Waals surface area contributed by atoms with Gasteiger partial charge in [0, 0.05) is 31.8 Å². The molecule has 1 aliphatic rings. The van der Waals surface area contributed by atoms with Crippen LogP contribution in [0.25, 0.3) is 0 Å². The lowest BCUT2D eigenvalue weighted by Gasteiger charge is -2.12. The Morgan fingerprint density at radius 2 is 2.23 bits per heavy atom. The molecule has 120 valence electrons. The van der Waals surface area contributed by atoms with Crippen LogP contribution in [-0.4, -0.2) is 38.1 Å². The minimum Gasteiger partial charge on any atom is -0.368 e. The van der Waals surface area contributed by atoms with Gasteiger partial charge >= 0.3 is 0 Å². The molecule has 0 aliphatic carbocycles. The molecule has 1 heterocycles. The molecule has 1 fully saturated rings. The Hall–Kier alpha value is -1.92. The molecule has 22 heavy (non-hydrogen) atoms. The fourth-order valence-corrected chi connectivity index (χ4v) is 2.29. The van der Waals surface area contributed by atoms with Crippen LogP contribution in [0.4, 0.5) is 5.69 Å². The molecule has 1 saturated heterocycles. The molecule has 1 unspecified atom stereocenters. The highest BCUT2D eigenvalue weighted by Gasteiger charge is 2.23. The van der Waals surface area contributed by atoms with Crippen LogP contribution in [0.15, 0.2) is 24.3 Å². The third-order valence-electron chi connectivity index (χ3n) is 3.51. The van der Waals surface area contributed by atoms with E-state index in [4.69, 9.17) is 4.74 Å². The lowest BCUT2D eigenvalue weighted by Crippen LogP contribution is -2.27. The Morgan fingerprint density at radius 3 is 2.95 bits per heavy atom. The minimum absolute atomic E-state index is 0.00291. The number of carbonyl (C=O) groups excluding carboxylic acids is 2. The molecule has 2 amide bonds. The Kier molecular flexibility index (Phi) is 6.36. The van der Waals surface area contributed by atoms with E-state index in [1.54, 1.807) is 0 Å². The summed E-state index contributed by atoms with van der Waals surface area (Å²) in [6, 6.07) is 7.48. The van der Waals surface area contributed by atoms with Crippen molar-refractivity contribution in [2.45, 2.75) is 31.9 Å². The Morgan fingerprint density at radius 1 is 1.36 bits per heavy atom. The first kappa shape index (κ1) is 16.5. The van der Waals surface area contributed by atoms with Gasteiger partial charge in [-0.25, -0.2) is 0 Å². The molecule has 6 heteroatoms. The molecule has 0 saturated carbocycles. The highest BCUT2D eigenvalue weighted by Crippen LogP contribution is 2.16. The molecule has 1 aromatic rings. The molecule has 0 spiro atoms. The van der Waals surface area contributed by atoms with E-state index in [0.717, 1.165) is 24.1 Å². The number of ether oxygens (including phenoxy) is 1. The summed E-state index contributed by atoms with van der Waals surface area (Å²) in [6.45, 7) is 1.76. The van der Waals surface area contributed by atoms with E-state index < -0.39 is 0 Å². The predicted octanol–water partition coefficient (Wildman–Crippen LogP) is 1.03. The van der Waals surface area contributed by atoms with Gasteiger partial charge in [0.15, 0.2) is 0 Å². The molecule has 0 bridgehead atoms. The zero-order valence-corrected chi connectivity index (χ0v) is 12.9. The van der Waals surface area contributed by atoms with Crippen molar-refractivity contribution in [3.8, 4) is 0 Å². The minimum atomic E-state index is -0.343. The summed E-state index contributed by atoms with van der Waals surface area (Å²) in [4.78, 5) is 23.6. The maximum Gasteiger partial charge on any atom is 0.253 e. The normalized spacial score (nSPS) is 17.2. The van der Waals surface area contributed by atoms with Crippen molar-refractivity contribution in [2.24, 2.45) is 0 Å². The van der Waals surface area contributed by atoms with Gasteiger partial charge in [-0.05, 0) is 37.6 Å². The van der Waals surface area contributed by atoms with E-state index in [0.29, 0.717) is 26.1 Å². The second-order valence-electron chi connectivity index (χ2n) is 5.32. The quantitative estimate of drug-likeness (QED) is 0.703. The number of benzene rings is 1. The number of carbonyl (C=O) groups is 2. The highest BCUT2D eigenvalue weighted by atomic mass is 16.5. The van der Waals surface area contributed by atoms with Crippen LogP contribution in [0.1, 0.15) is 24.8 Å². The SMILES string of the molecule is CNCCC(=O)NCc1cccc(NC(=O)C2CCCO2)c1. The lowest BCUT2D eigenvalue weighted by atomic mass is 10.2. The average Bonchev–Trinajstić information content (AvgIpc) is 3.06. The number of amides is 2. The summed E-state index contributed by atoms with van der Waals surface area (Å²) in [7, 11) is 1.81. The van der Waals surface area contributed by atoms with Crippen LogP contribution in [0.3, 0.4) is 0 Å². The molecule has 1 aliphatic heterocycles. The van der Waals surface area contributed by atoms with Gasteiger partial charge < -0.3 is 20.7 Å². The summed E-state index contributed by atoms with van der Waals surface area (Å²) < 4.78 is 5.36. The Balaban J connectivity index is 1.84. The maximum atomic E-state index is 12.0. The van der Waals surface area contributed by atoms with Gasteiger partial charge in [-0.15, -0.1) is 0 Å². The van der Waals surface area contributed by atoms with Gasteiger partial charge in [0.05, 0.1) is 0 Å². The summed E-state index contributed by atoms with van der Waals surface area (Å²) in [5, 5.41) is 8.65. The monoisotopic (exact) mass is 305 g/mol. The van der Waals surface area contributed by atoms with Gasteiger partial charge in [0.1, 0.15) is 6.10 Å². The molecule has 3 N–H and O–H groups in total. The van der Waals surface area contributed by atoms with Crippen LogP contribution in [0.5, 0.6) is 0 Å². The van der Waals surface area contributed by atoms with Crippen molar-refractivity contribution in [2.75, 3.05) is 25.5 Å². The third kappa shape index (κ3) is 5.13. The van der Waals surface area contributed by atoms with Crippen molar-refractivity contribution in [3.63, 3.8) is 0 Å². The maximum absolute atomic E-state index is 12.0. The number of hydrogen-bond acceptors (Lipinski definition) is 4. The van der Waals surface area contributed by atoms with Gasteiger partial charge in [-0.1, -0.05) is 12.1 Å². The molecule has 0 aromatic heterocycles. The van der Waals surface area contributed by atoms with Crippen molar-refractivity contribution in [1.29, 1.82) is 0 Å². The highest BCUT2D eigenvalue weighted by molar-refractivity contribution is 5.94. The molecule has 6 nitrogen and oxygen atoms in total. The van der Waals surface area contributed by atoms with Crippen LogP contribution in [0, 0.1) is 0 Å². The zero-order chi connectivity index (χ0) is 15.8. The topological polar surface area (TPSA) is 79.5 Å². The van der Waals surface area contributed by atoms with Gasteiger partial charge in [0.2, 0.25) is 5.91 Å². The number of hydrogen-bond donors (Lipinski definition) is 3. The van der Waals surface area contributed by atoms with Crippen LogP contribution >= 0.6 is 0 Å². The van der Waals surface area contributed by atoms with E-state index in [1.807, 2.05) is 31.3 Å². The van der Waals surface area contributed by atoms with E-state index in [-0.39, 0.29) is 17.9 Å². The smallest absolute Gasteiger partial charge is 0.253 e. The Bertz CT molecular complexity index is 513. The van der Waals surface area contributed by atoms with Gasteiger partial charge in [-0.2, -0.15) is 0 Å². The number of rotatable bonds is 7. The second-order valence-corrected chi connectivity index (χ2v) is 5.32. The van der Waals surface area contributed by atoms with Crippen LogP contribution in [-0.2, 0) is 20.9 Å². The predicted molar refractivity (Wildman–Crippen MR) is 84.4 cm³/mol. The molecule has 0 radical (unpaired) electrons. The van der Waals surface area contributed by atoms with Crippen molar-refractivity contribution >= 4 is 17.5 Å². The van der Waals surface area contributed by atoms with E-state index in [1.165, 1.54) is 0 Å². The summed E-state index contributed by atoms with van der Waals surface area (Å²) in [5.41, 5.74) is 1.67. The van der Waals surface area contributed by atoms with Gasteiger partial charge in [-0.3, -0.25) is 9.59 Å². The molecular formula is C16H23N3O3. The molecule has 2 rings (SSSR count). The first-order valence-electron chi connectivity index (χ1n) is 7.62. The fraction of sp³-hybridized carbons (Fsp3) is 0.500. The third-order valence-corrected chi connectivity index (χ3v) is 3.51. The van der Waals surface area contributed by atoms with Crippen LogP contribution in [0.2, 0.25) is 0 Å². The second kappa shape index (κ2) is 8.51. The van der Waals surface area contributed by atoms with Crippen molar-refractivity contribution in [3.05, 3.63) is 29.8 Å². The number of anilines is 1. The fourth-order valence-electron chi connectivity index (χ4n) is 2.29. The molecular weight excluding hydrogens is 282 g/mol. The Labute approximate surface area is 130 Å². The van der Waals surface area contributed by atoms with Crippen LogP contribution < -0.4 is 16.0 Å². The summed E-state index contributed by atoms with van der Waals surface area (Å²) in [6.07, 6.45) is 1.81. The van der Waals surface area contributed by atoms with Crippen molar-refractivity contribution in [1.82, 2.24) is 10.6 Å². The lowest BCUT2D eigenvalue weighted by molar-refractivity contribution is -0.124.